The number of carbonyl (C=O) groups is 2. The third-order valence-electron chi connectivity index (χ3n) is 6.76. The van der Waals surface area contributed by atoms with E-state index in [0.717, 1.165) is 11.1 Å². The maximum Gasteiger partial charge on any atom is 0.306 e. The average molecular weight is 633 g/mol. The normalized spacial score (nSPS) is 16.5. The predicted molar refractivity (Wildman–Crippen MR) is 161 cm³/mol. The summed E-state index contributed by atoms with van der Waals surface area (Å²) >= 11 is 0. The molecule has 0 aliphatic carbocycles. The number of fused-ring (bicyclic) bond motifs is 2. The first-order chi connectivity index (χ1) is 22.2. The number of unbranched alkanes of at least 4 members (excludes halogenated alkanes) is 2. The molecule has 0 atom stereocenters. The quantitative estimate of drug-likeness (QED) is 0.277. The van der Waals surface area contributed by atoms with Gasteiger partial charge in [0.25, 0.3) is 0 Å². The molecule has 2 aliphatic heterocycles. The van der Waals surface area contributed by atoms with Gasteiger partial charge in [-0.2, -0.15) is 0 Å². The predicted octanol–water partition coefficient (Wildman–Crippen LogP) is 4.03. The van der Waals surface area contributed by atoms with Gasteiger partial charge in [0.15, 0.2) is 23.0 Å². The van der Waals surface area contributed by atoms with Crippen LogP contribution in [-0.4, -0.2) is 91.2 Å². The summed E-state index contributed by atoms with van der Waals surface area (Å²) in [5.74, 6) is 1.76. The van der Waals surface area contributed by atoms with E-state index in [-0.39, 0.29) is 38.0 Å². The summed E-state index contributed by atoms with van der Waals surface area (Å²) in [6.45, 7) is 5.64. The van der Waals surface area contributed by atoms with E-state index in [1.807, 2.05) is 24.3 Å². The molecule has 0 fully saturated rings. The minimum Gasteiger partial charge on any atom is -0.487 e. The Morgan fingerprint density at radius 2 is 0.822 bits per heavy atom. The molecule has 45 heavy (non-hydrogen) atoms. The van der Waals surface area contributed by atoms with E-state index in [2.05, 4.69) is 0 Å². The molecule has 248 valence electrons. The average Bonchev–Trinajstić information content (AvgIpc) is 3.03. The second kappa shape index (κ2) is 20.5. The van der Waals surface area contributed by atoms with E-state index in [1.54, 1.807) is 12.1 Å². The summed E-state index contributed by atoms with van der Waals surface area (Å²) in [7, 11) is 0. The van der Waals surface area contributed by atoms with Crippen LogP contribution in [0.25, 0.3) is 0 Å². The van der Waals surface area contributed by atoms with Crippen LogP contribution in [0.15, 0.2) is 36.4 Å². The third-order valence-corrected chi connectivity index (χ3v) is 6.76. The van der Waals surface area contributed by atoms with Crippen LogP contribution < -0.4 is 18.9 Å². The molecule has 0 unspecified atom stereocenters. The van der Waals surface area contributed by atoms with Crippen molar-refractivity contribution in [1.29, 1.82) is 0 Å². The fraction of sp³-hybridized carbons (Fsp3) is 0.576. The standard InChI is InChI=1S/C33H44O12/c34-32(44-24-26-6-8-28-30(22-26)42-20-16-38-12-10-36-14-18-40-28)4-2-1-3-5-33(35)45-25-27-7-9-29-31(23-27)43-21-17-39-13-11-37-15-19-41-29/h6-9,22-23H,1-5,10-21,24-25H2. The van der Waals surface area contributed by atoms with Gasteiger partial charge in [-0.15, -0.1) is 0 Å². The molecule has 2 aromatic rings. The second-order valence-corrected chi connectivity index (χ2v) is 10.3. The van der Waals surface area contributed by atoms with E-state index in [0.29, 0.717) is 122 Å². The van der Waals surface area contributed by atoms with Gasteiger partial charge in [0, 0.05) is 12.8 Å². The molecule has 0 saturated carbocycles. The molecule has 0 amide bonds. The van der Waals surface area contributed by atoms with Gasteiger partial charge in [0.05, 0.1) is 52.9 Å². The summed E-state index contributed by atoms with van der Waals surface area (Å²) in [5, 5.41) is 0. The van der Waals surface area contributed by atoms with Crippen LogP contribution >= 0.6 is 0 Å². The fourth-order valence-corrected chi connectivity index (χ4v) is 4.42. The number of carbonyl (C=O) groups excluding carboxylic acids is 2. The Labute approximate surface area is 264 Å². The Bertz CT molecular complexity index is 1080. The molecule has 0 radical (unpaired) electrons. The van der Waals surface area contributed by atoms with Crippen LogP contribution in [0.3, 0.4) is 0 Å². The minimum atomic E-state index is -0.297. The summed E-state index contributed by atoms with van der Waals surface area (Å²) in [6, 6.07) is 10.9. The molecule has 2 aromatic carbocycles. The van der Waals surface area contributed by atoms with Crippen LogP contribution in [-0.2, 0) is 51.2 Å². The van der Waals surface area contributed by atoms with Crippen molar-refractivity contribution in [3.63, 3.8) is 0 Å². The lowest BCUT2D eigenvalue weighted by Gasteiger charge is -2.16. The molecule has 0 spiro atoms. The van der Waals surface area contributed by atoms with E-state index in [9.17, 15) is 9.59 Å². The highest BCUT2D eigenvalue weighted by Gasteiger charge is 2.12. The first-order valence-corrected chi connectivity index (χ1v) is 15.6. The molecular weight excluding hydrogens is 588 g/mol. The molecular formula is C33H44O12. The van der Waals surface area contributed by atoms with Crippen LogP contribution in [0.5, 0.6) is 23.0 Å². The summed E-state index contributed by atoms with van der Waals surface area (Å²) < 4.78 is 55.9. The van der Waals surface area contributed by atoms with Crippen LogP contribution in [0.4, 0.5) is 0 Å². The van der Waals surface area contributed by atoms with E-state index in [4.69, 9.17) is 47.4 Å². The number of rotatable bonds is 10. The lowest BCUT2D eigenvalue weighted by atomic mass is 10.1. The summed E-state index contributed by atoms with van der Waals surface area (Å²) in [5.41, 5.74) is 1.59. The number of hydrogen-bond acceptors (Lipinski definition) is 12. The zero-order valence-electron chi connectivity index (χ0n) is 25.8. The van der Waals surface area contributed by atoms with Gasteiger partial charge in [0.1, 0.15) is 39.6 Å². The third kappa shape index (κ3) is 13.5. The van der Waals surface area contributed by atoms with Gasteiger partial charge in [0.2, 0.25) is 0 Å². The zero-order valence-corrected chi connectivity index (χ0v) is 25.8. The van der Waals surface area contributed by atoms with Crippen LogP contribution in [0, 0.1) is 0 Å². The van der Waals surface area contributed by atoms with Crippen molar-refractivity contribution in [3.05, 3.63) is 47.5 Å². The highest BCUT2D eigenvalue weighted by Crippen LogP contribution is 2.30. The molecule has 2 heterocycles. The van der Waals surface area contributed by atoms with E-state index >= 15 is 0 Å². The lowest BCUT2D eigenvalue weighted by molar-refractivity contribution is -0.145. The Morgan fingerprint density at radius 3 is 1.22 bits per heavy atom. The smallest absolute Gasteiger partial charge is 0.306 e. The van der Waals surface area contributed by atoms with Crippen LogP contribution in [0.2, 0.25) is 0 Å². The van der Waals surface area contributed by atoms with Gasteiger partial charge in [-0.1, -0.05) is 18.6 Å². The van der Waals surface area contributed by atoms with E-state index < -0.39 is 0 Å². The summed E-state index contributed by atoms with van der Waals surface area (Å²) in [6.07, 6.45) is 2.48. The number of hydrogen-bond donors (Lipinski definition) is 0. The molecule has 0 bridgehead atoms. The molecule has 0 aromatic heterocycles. The molecule has 0 N–H and O–H groups in total. The molecule has 2 aliphatic rings. The van der Waals surface area contributed by atoms with Gasteiger partial charge >= 0.3 is 11.9 Å². The first-order valence-electron chi connectivity index (χ1n) is 15.6. The Kier molecular flexibility index (Phi) is 15.6. The maximum atomic E-state index is 12.3. The second-order valence-electron chi connectivity index (χ2n) is 10.3. The van der Waals surface area contributed by atoms with E-state index in [1.165, 1.54) is 0 Å². The van der Waals surface area contributed by atoms with Crippen LogP contribution in [0.1, 0.15) is 43.2 Å². The van der Waals surface area contributed by atoms with Crippen molar-refractivity contribution >= 4 is 11.9 Å². The van der Waals surface area contributed by atoms with Crippen molar-refractivity contribution in [1.82, 2.24) is 0 Å². The summed E-state index contributed by atoms with van der Waals surface area (Å²) in [4.78, 5) is 24.6. The van der Waals surface area contributed by atoms with Gasteiger partial charge in [-0.05, 0) is 48.2 Å². The highest BCUT2D eigenvalue weighted by molar-refractivity contribution is 5.70. The Balaban J connectivity index is 1.10. The van der Waals surface area contributed by atoms with Gasteiger partial charge in [-0.3, -0.25) is 9.59 Å². The fourth-order valence-electron chi connectivity index (χ4n) is 4.42. The Morgan fingerprint density at radius 1 is 0.467 bits per heavy atom. The largest absolute Gasteiger partial charge is 0.487 e. The number of benzene rings is 2. The SMILES string of the molecule is O=C(CCCCCC(=O)OCc1ccc2c(c1)OCCOCCOCCO2)OCc1ccc2c(c1)OCCOCCOCCO2. The molecule has 4 rings (SSSR count). The van der Waals surface area contributed by atoms with Crippen molar-refractivity contribution < 1.29 is 57.0 Å². The maximum absolute atomic E-state index is 12.3. The topological polar surface area (TPSA) is 126 Å². The van der Waals surface area contributed by atoms with Crippen molar-refractivity contribution in [3.8, 4) is 23.0 Å². The minimum absolute atomic E-state index is 0.128. The van der Waals surface area contributed by atoms with Gasteiger partial charge < -0.3 is 47.4 Å². The monoisotopic (exact) mass is 632 g/mol. The van der Waals surface area contributed by atoms with Crippen molar-refractivity contribution in [2.24, 2.45) is 0 Å². The van der Waals surface area contributed by atoms with Gasteiger partial charge in [-0.25, -0.2) is 0 Å². The number of esters is 2. The Hall–Kier alpha value is -3.58. The number of ether oxygens (including phenoxy) is 10. The van der Waals surface area contributed by atoms with Crippen molar-refractivity contribution in [2.45, 2.75) is 45.3 Å². The van der Waals surface area contributed by atoms with Crippen molar-refractivity contribution in [2.75, 3.05) is 79.3 Å². The molecule has 12 nitrogen and oxygen atoms in total. The highest BCUT2D eigenvalue weighted by atomic mass is 16.6. The lowest BCUT2D eigenvalue weighted by Crippen LogP contribution is -2.16. The molecule has 12 heteroatoms. The zero-order chi connectivity index (χ0) is 31.4. The first kappa shape index (κ1) is 34.3. The molecule has 0 saturated heterocycles.